The standard InChI is InChI=1S/C15H17ClF2N2/c1-8(16)14-19-13-11(18)4-10(17)5-12(13)20(14)7-9-6-15(9,2)3/h4-5,8-9H,6-7H2,1-3H3. The van der Waals surface area contributed by atoms with E-state index in [1.165, 1.54) is 6.07 Å². The number of nitrogens with zero attached hydrogens (tertiary/aromatic N) is 2. The molecule has 5 heteroatoms. The van der Waals surface area contributed by atoms with Crippen LogP contribution < -0.4 is 0 Å². The normalized spacial score (nSPS) is 22.2. The first-order valence-corrected chi connectivity index (χ1v) is 7.22. The smallest absolute Gasteiger partial charge is 0.153 e. The van der Waals surface area contributed by atoms with E-state index in [1.807, 2.05) is 4.57 Å². The van der Waals surface area contributed by atoms with Crippen molar-refractivity contribution in [2.75, 3.05) is 0 Å². The largest absolute Gasteiger partial charge is 0.326 e. The van der Waals surface area contributed by atoms with Crippen molar-refractivity contribution in [1.82, 2.24) is 9.55 Å². The molecule has 1 aromatic heterocycles. The Hall–Kier alpha value is -1.16. The number of aromatic nitrogens is 2. The highest BCUT2D eigenvalue weighted by Crippen LogP contribution is 2.53. The Labute approximate surface area is 121 Å². The first-order chi connectivity index (χ1) is 9.29. The average molecular weight is 299 g/mol. The zero-order valence-corrected chi connectivity index (χ0v) is 12.5. The van der Waals surface area contributed by atoms with Crippen LogP contribution >= 0.6 is 11.6 Å². The first-order valence-electron chi connectivity index (χ1n) is 6.79. The van der Waals surface area contributed by atoms with E-state index in [0.717, 1.165) is 12.5 Å². The van der Waals surface area contributed by atoms with E-state index in [9.17, 15) is 8.78 Å². The third-order valence-corrected chi connectivity index (χ3v) is 4.47. The number of hydrogen-bond acceptors (Lipinski definition) is 1. The number of alkyl halides is 1. The number of hydrogen-bond donors (Lipinski definition) is 0. The van der Waals surface area contributed by atoms with Gasteiger partial charge in [-0.2, -0.15) is 0 Å². The molecule has 2 unspecified atom stereocenters. The van der Waals surface area contributed by atoms with Crippen molar-refractivity contribution in [1.29, 1.82) is 0 Å². The zero-order valence-electron chi connectivity index (χ0n) is 11.8. The van der Waals surface area contributed by atoms with Gasteiger partial charge in [0, 0.05) is 12.6 Å². The van der Waals surface area contributed by atoms with E-state index in [2.05, 4.69) is 18.8 Å². The molecule has 2 nitrogen and oxygen atoms in total. The molecule has 1 aliphatic rings. The molecule has 1 fully saturated rings. The molecular formula is C15H17ClF2N2. The van der Waals surface area contributed by atoms with Gasteiger partial charge in [-0.05, 0) is 30.7 Å². The molecule has 1 heterocycles. The molecule has 108 valence electrons. The van der Waals surface area contributed by atoms with Crippen molar-refractivity contribution in [2.24, 2.45) is 11.3 Å². The van der Waals surface area contributed by atoms with E-state index in [-0.39, 0.29) is 16.3 Å². The summed E-state index contributed by atoms with van der Waals surface area (Å²) in [5, 5.41) is -0.341. The molecule has 0 spiro atoms. The van der Waals surface area contributed by atoms with Crippen LogP contribution in [0.4, 0.5) is 8.78 Å². The molecule has 0 bridgehead atoms. The average Bonchev–Trinajstić information content (AvgIpc) is 2.76. The predicted molar refractivity (Wildman–Crippen MR) is 75.8 cm³/mol. The van der Waals surface area contributed by atoms with Crippen LogP contribution in [-0.2, 0) is 6.54 Å². The lowest BCUT2D eigenvalue weighted by Gasteiger charge is -2.11. The first kappa shape index (κ1) is 13.8. The van der Waals surface area contributed by atoms with Gasteiger partial charge in [0.2, 0.25) is 0 Å². The van der Waals surface area contributed by atoms with Gasteiger partial charge in [-0.15, -0.1) is 11.6 Å². The lowest BCUT2D eigenvalue weighted by atomic mass is 10.1. The summed E-state index contributed by atoms with van der Waals surface area (Å²) in [4.78, 5) is 4.27. The van der Waals surface area contributed by atoms with Crippen LogP contribution in [0.5, 0.6) is 0 Å². The fraction of sp³-hybridized carbons (Fsp3) is 0.533. The minimum atomic E-state index is -0.632. The molecule has 0 saturated heterocycles. The lowest BCUT2D eigenvalue weighted by Crippen LogP contribution is -2.08. The SMILES string of the molecule is CC(Cl)c1nc2c(F)cc(F)cc2n1CC1CC1(C)C. The molecular weight excluding hydrogens is 282 g/mol. The van der Waals surface area contributed by atoms with Crippen LogP contribution in [-0.4, -0.2) is 9.55 Å². The summed E-state index contributed by atoms with van der Waals surface area (Å²) in [6.45, 7) is 6.90. The van der Waals surface area contributed by atoms with Crippen molar-refractivity contribution < 1.29 is 8.78 Å². The van der Waals surface area contributed by atoms with E-state index in [1.54, 1.807) is 6.92 Å². The second-order valence-electron chi connectivity index (χ2n) is 6.34. The van der Waals surface area contributed by atoms with Crippen LogP contribution in [0, 0.1) is 23.0 Å². The van der Waals surface area contributed by atoms with Gasteiger partial charge in [0.15, 0.2) is 5.82 Å². The van der Waals surface area contributed by atoms with E-state index < -0.39 is 11.6 Å². The summed E-state index contributed by atoms with van der Waals surface area (Å²) < 4.78 is 29.2. The van der Waals surface area contributed by atoms with Crippen molar-refractivity contribution in [3.05, 3.63) is 29.6 Å². The maximum Gasteiger partial charge on any atom is 0.153 e. The predicted octanol–water partition coefficient (Wildman–Crippen LogP) is 4.66. The summed E-state index contributed by atoms with van der Waals surface area (Å²) in [7, 11) is 0. The molecule has 0 N–H and O–H groups in total. The van der Waals surface area contributed by atoms with E-state index >= 15 is 0 Å². The minimum absolute atomic E-state index is 0.201. The highest BCUT2D eigenvalue weighted by molar-refractivity contribution is 6.20. The zero-order chi connectivity index (χ0) is 14.7. The minimum Gasteiger partial charge on any atom is -0.326 e. The Kier molecular flexibility index (Phi) is 3.05. The van der Waals surface area contributed by atoms with Crippen LogP contribution in [0.3, 0.4) is 0 Å². The molecule has 20 heavy (non-hydrogen) atoms. The van der Waals surface area contributed by atoms with Crippen molar-refractivity contribution >= 4 is 22.6 Å². The van der Waals surface area contributed by atoms with Gasteiger partial charge >= 0.3 is 0 Å². The van der Waals surface area contributed by atoms with Crippen molar-refractivity contribution in [3.63, 3.8) is 0 Å². The van der Waals surface area contributed by atoms with Gasteiger partial charge < -0.3 is 4.57 Å². The Morgan fingerprint density at radius 1 is 1.45 bits per heavy atom. The molecule has 2 aromatic rings. The fourth-order valence-electron chi connectivity index (χ4n) is 2.77. The third-order valence-electron chi connectivity index (χ3n) is 4.28. The lowest BCUT2D eigenvalue weighted by molar-refractivity contribution is 0.495. The monoisotopic (exact) mass is 298 g/mol. The molecule has 3 rings (SSSR count). The number of rotatable bonds is 3. The van der Waals surface area contributed by atoms with Gasteiger partial charge in [-0.25, -0.2) is 13.8 Å². The van der Waals surface area contributed by atoms with Gasteiger partial charge in [0.1, 0.15) is 17.2 Å². The molecule has 1 saturated carbocycles. The van der Waals surface area contributed by atoms with E-state index in [4.69, 9.17) is 11.6 Å². The number of imidazole rings is 1. The Balaban J connectivity index is 2.14. The number of benzene rings is 1. The van der Waals surface area contributed by atoms with Crippen LogP contribution in [0.1, 0.15) is 38.4 Å². The third kappa shape index (κ3) is 2.20. The van der Waals surface area contributed by atoms with Crippen LogP contribution in [0.2, 0.25) is 0 Å². The van der Waals surface area contributed by atoms with Crippen molar-refractivity contribution in [3.8, 4) is 0 Å². The summed E-state index contributed by atoms with van der Waals surface area (Å²) >= 11 is 6.15. The van der Waals surface area contributed by atoms with Gasteiger partial charge in [0.05, 0.1) is 10.9 Å². The maximum absolute atomic E-state index is 13.8. The topological polar surface area (TPSA) is 17.8 Å². The molecule has 1 aliphatic carbocycles. The Morgan fingerprint density at radius 3 is 2.65 bits per heavy atom. The number of halogens is 3. The fourth-order valence-corrected chi connectivity index (χ4v) is 2.94. The number of fused-ring (bicyclic) bond motifs is 1. The molecule has 0 aliphatic heterocycles. The quantitative estimate of drug-likeness (QED) is 0.754. The Morgan fingerprint density at radius 2 is 2.10 bits per heavy atom. The summed E-state index contributed by atoms with van der Waals surface area (Å²) in [6, 6.07) is 2.20. The van der Waals surface area contributed by atoms with Crippen LogP contribution in [0.15, 0.2) is 12.1 Å². The molecule has 1 aromatic carbocycles. The van der Waals surface area contributed by atoms with Gasteiger partial charge in [0.25, 0.3) is 0 Å². The molecule has 2 atom stereocenters. The summed E-state index contributed by atoms with van der Waals surface area (Å²) in [5.41, 5.74) is 0.981. The molecule has 0 radical (unpaired) electrons. The highest BCUT2D eigenvalue weighted by atomic mass is 35.5. The van der Waals surface area contributed by atoms with Crippen LogP contribution in [0.25, 0.3) is 11.0 Å². The second-order valence-corrected chi connectivity index (χ2v) is 7.00. The van der Waals surface area contributed by atoms with Gasteiger partial charge in [-0.1, -0.05) is 13.8 Å². The molecule has 0 amide bonds. The summed E-state index contributed by atoms with van der Waals surface area (Å²) in [5.74, 6) is -0.110. The highest BCUT2D eigenvalue weighted by Gasteiger charge is 2.46. The Bertz CT molecular complexity index is 676. The maximum atomic E-state index is 13.8. The van der Waals surface area contributed by atoms with Crippen molar-refractivity contribution in [2.45, 2.75) is 39.1 Å². The van der Waals surface area contributed by atoms with E-state index in [0.29, 0.717) is 23.8 Å². The summed E-state index contributed by atoms with van der Waals surface area (Å²) in [6.07, 6.45) is 1.11. The van der Waals surface area contributed by atoms with Gasteiger partial charge in [-0.3, -0.25) is 0 Å². The second kappa shape index (κ2) is 4.42.